The number of aryl methyl sites for hydroxylation is 1. The summed E-state index contributed by atoms with van der Waals surface area (Å²) >= 11 is 0. The van der Waals surface area contributed by atoms with E-state index in [4.69, 9.17) is 4.98 Å². The Bertz CT molecular complexity index is 2300. The van der Waals surface area contributed by atoms with Gasteiger partial charge in [-0.05, 0) is 79.5 Å². The van der Waals surface area contributed by atoms with E-state index in [1.54, 1.807) is 0 Å². The average molecular weight is 778 g/mol. The predicted octanol–water partition coefficient (Wildman–Crippen LogP) is 10.9. The molecule has 0 bridgehead atoms. The summed E-state index contributed by atoms with van der Waals surface area (Å²) in [5, 5.41) is 6.23. The topological polar surface area (TPSA) is 30.2 Å². The van der Waals surface area contributed by atoms with Crippen LogP contribution < -0.4 is 0 Å². The minimum atomic E-state index is 0. The fourth-order valence-electron chi connectivity index (χ4n) is 6.61. The Balaban J connectivity index is 0.000000187. The second-order valence-electron chi connectivity index (χ2n) is 14.5. The molecule has 8 aromatic rings. The zero-order valence-corrected chi connectivity index (χ0v) is 30.0. The number of hydrogen-bond donors (Lipinski definition) is 0. The zero-order valence-electron chi connectivity index (χ0n) is 27.6. The van der Waals surface area contributed by atoms with E-state index in [0.717, 1.165) is 28.6 Å². The zero-order chi connectivity index (χ0) is 31.5. The van der Waals surface area contributed by atoms with Crippen molar-refractivity contribution in [2.75, 3.05) is 0 Å². The molecule has 3 nitrogen and oxygen atoms in total. The van der Waals surface area contributed by atoms with Crippen LogP contribution in [0.5, 0.6) is 0 Å². The Morgan fingerprint density at radius 2 is 1.57 bits per heavy atom. The van der Waals surface area contributed by atoms with Gasteiger partial charge >= 0.3 is 0 Å². The Morgan fingerprint density at radius 1 is 0.783 bits per heavy atom. The first kappa shape index (κ1) is 31.9. The molecule has 0 saturated heterocycles. The number of rotatable bonds is 2. The van der Waals surface area contributed by atoms with Crippen LogP contribution in [-0.2, 0) is 31.9 Å². The molecule has 0 aliphatic rings. The van der Waals surface area contributed by atoms with Gasteiger partial charge in [-0.2, -0.15) is 0 Å². The summed E-state index contributed by atoms with van der Waals surface area (Å²) in [6.45, 7) is 15.7. The molecule has 0 amide bonds. The van der Waals surface area contributed by atoms with E-state index in [0.29, 0.717) is 0 Å². The second kappa shape index (κ2) is 11.9. The summed E-state index contributed by atoms with van der Waals surface area (Å²) in [7, 11) is 0. The minimum absolute atomic E-state index is 0. The standard InChI is InChI=1S/C27H23N2.C15H16N.Ir/c1-16-9-10-20-25-24-18(11-12-28-25)13-17(15-27(2,3)4)14-22(24)29-21-8-6-5-7-19(21)23(16)26(20)29;1-15(2,3)13-9-10-14(16-11-13)12-7-5-4-6-8-12;/h5-9,11-14H,15H2,1-4H3;4-7,9-11H,1-3H3;/q2*-1;. The maximum atomic E-state index is 4.82. The van der Waals surface area contributed by atoms with Crippen molar-refractivity contribution in [2.24, 2.45) is 5.41 Å². The molecule has 4 aromatic carbocycles. The molecule has 4 aromatic heterocycles. The molecule has 0 aliphatic carbocycles. The van der Waals surface area contributed by atoms with Gasteiger partial charge in [0.05, 0.1) is 0 Å². The summed E-state index contributed by atoms with van der Waals surface area (Å²) in [4.78, 5) is 9.31. The van der Waals surface area contributed by atoms with Gasteiger partial charge in [-0.1, -0.05) is 90.3 Å². The quantitative estimate of drug-likeness (QED) is 0.0994. The van der Waals surface area contributed by atoms with Crippen molar-refractivity contribution in [1.29, 1.82) is 0 Å². The third-order valence-corrected chi connectivity index (χ3v) is 8.67. The molecule has 0 aliphatic heterocycles. The van der Waals surface area contributed by atoms with Crippen LogP contribution in [0.15, 0.2) is 97.3 Å². The molecule has 4 heteroatoms. The van der Waals surface area contributed by atoms with E-state index >= 15 is 0 Å². The van der Waals surface area contributed by atoms with E-state index in [1.807, 2.05) is 36.7 Å². The van der Waals surface area contributed by atoms with Crippen LogP contribution in [0.25, 0.3) is 60.3 Å². The molecule has 0 unspecified atom stereocenters. The van der Waals surface area contributed by atoms with Crippen LogP contribution in [0.1, 0.15) is 58.2 Å². The predicted molar refractivity (Wildman–Crippen MR) is 190 cm³/mol. The van der Waals surface area contributed by atoms with E-state index < -0.39 is 0 Å². The van der Waals surface area contributed by atoms with Gasteiger partial charge < -0.3 is 14.4 Å². The fraction of sp³-hybridized carbons (Fsp3) is 0.238. The maximum absolute atomic E-state index is 4.82. The molecule has 46 heavy (non-hydrogen) atoms. The van der Waals surface area contributed by atoms with Gasteiger partial charge in [0.25, 0.3) is 0 Å². The third kappa shape index (κ3) is 5.70. The molecule has 4 heterocycles. The van der Waals surface area contributed by atoms with Gasteiger partial charge in [0, 0.05) is 43.5 Å². The molecule has 8 rings (SSSR count). The first-order chi connectivity index (χ1) is 21.5. The molecule has 233 valence electrons. The number of nitrogens with zero attached hydrogens (tertiary/aromatic N) is 3. The third-order valence-electron chi connectivity index (χ3n) is 8.67. The monoisotopic (exact) mass is 778 g/mol. The first-order valence-electron chi connectivity index (χ1n) is 15.8. The second-order valence-corrected chi connectivity index (χ2v) is 14.5. The van der Waals surface area contributed by atoms with Crippen molar-refractivity contribution >= 4 is 49.0 Å². The van der Waals surface area contributed by atoms with Gasteiger partial charge in [0.15, 0.2) is 0 Å². The van der Waals surface area contributed by atoms with Gasteiger partial charge in [-0.3, -0.25) is 0 Å². The Hall–Kier alpha value is -4.11. The molecule has 0 atom stereocenters. The van der Waals surface area contributed by atoms with E-state index in [-0.39, 0.29) is 30.9 Å². The van der Waals surface area contributed by atoms with Gasteiger partial charge in [0.2, 0.25) is 0 Å². The van der Waals surface area contributed by atoms with Crippen molar-refractivity contribution in [3.63, 3.8) is 0 Å². The summed E-state index contributed by atoms with van der Waals surface area (Å²) in [5.74, 6) is 0. The number of pyridine rings is 3. The maximum Gasteiger partial charge on any atom is 0.0436 e. The average Bonchev–Trinajstić information content (AvgIpc) is 3.36. The SMILES string of the molecule is CC(C)(C)c1ccc(-c2[c-]cccc2)nc1.Cc1c[c-]c2c3nccc4cc(CC(C)(C)C)cc(c43)n3c4ccccc4c1c23.[Ir]. The Kier molecular flexibility index (Phi) is 8.25. The summed E-state index contributed by atoms with van der Waals surface area (Å²) < 4.78 is 2.45. The van der Waals surface area contributed by atoms with Crippen molar-refractivity contribution < 1.29 is 20.1 Å². The Labute approximate surface area is 285 Å². The van der Waals surface area contributed by atoms with Gasteiger partial charge in [-0.25, -0.2) is 0 Å². The first-order valence-corrected chi connectivity index (χ1v) is 15.8. The summed E-state index contributed by atoms with van der Waals surface area (Å²) in [6.07, 6.45) is 4.94. The molecule has 1 radical (unpaired) electrons. The minimum Gasteiger partial charge on any atom is -0.351 e. The van der Waals surface area contributed by atoms with Crippen molar-refractivity contribution in [2.45, 2.75) is 60.3 Å². The normalized spacial score (nSPS) is 12.2. The number of hydrogen-bond acceptors (Lipinski definition) is 2. The van der Waals surface area contributed by atoms with Crippen molar-refractivity contribution in [3.8, 4) is 11.3 Å². The summed E-state index contributed by atoms with van der Waals surface area (Å²) in [5.41, 5.74) is 11.1. The number of fused-ring (bicyclic) bond motifs is 5. The molecule has 0 fully saturated rings. The van der Waals surface area contributed by atoms with Crippen LogP contribution in [0.4, 0.5) is 0 Å². The summed E-state index contributed by atoms with van der Waals surface area (Å²) in [6, 6.07) is 36.6. The van der Waals surface area contributed by atoms with Crippen LogP contribution in [-0.4, -0.2) is 14.4 Å². The number of para-hydroxylation sites is 1. The molecule has 0 spiro atoms. The Morgan fingerprint density at radius 3 is 2.26 bits per heavy atom. The number of benzene rings is 4. The van der Waals surface area contributed by atoms with E-state index in [1.165, 1.54) is 54.8 Å². The van der Waals surface area contributed by atoms with Crippen molar-refractivity contribution in [3.05, 3.63) is 126 Å². The molecule has 0 saturated carbocycles. The van der Waals surface area contributed by atoms with E-state index in [2.05, 4.69) is 131 Å². The van der Waals surface area contributed by atoms with Crippen LogP contribution >= 0.6 is 0 Å². The molecular formula is C42H39IrN3-2. The van der Waals surface area contributed by atoms with Gasteiger partial charge in [0.1, 0.15) is 0 Å². The number of aromatic nitrogens is 3. The molecule has 0 N–H and O–H groups in total. The van der Waals surface area contributed by atoms with Crippen LogP contribution in [0.2, 0.25) is 0 Å². The van der Waals surface area contributed by atoms with Crippen LogP contribution in [0, 0.1) is 24.5 Å². The molecular weight excluding hydrogens is 739 g/mol. The smallest absolute Gasteiger partial charge is 0.0436 e. The van der Waals surface area contributed by atoms with Crippen molar-refractivity contribution in [1.82, 2.24) is 14.4 Å². The van der Waals surface area contributed by atoms with Crippen LogP contribution in [0.3, 0.4) is 0 Å². The van der Waals surface area contributed by atoms with Gasteiger partial charge in [-0.15, -0.1) is 59.0 Å². The largest absolute Gasteiger partial charge is 0.351 e. The van der Waals surface area contributed by atoms with E-state index in [9.17, 15) is 0 Å². The fourth-order valence-corrected chi connectivity index (χ4v) is 6.61.